The number of aliphatic hydroxyl groups is 3. The lowest BCUT2D eigenvalue weighted by molar-refractivity contribution is 0.00446. The van der Waals surface area contributed by atoms with E-state index in [-0.39, 0.29) is 12.5 Å². The van der Waals surface area contributed by atoms with E-state index in [0.29, 0.717) is 24.2 Å². The standard InChI is InChI=1S/C25H34N6O3S/c1-4-14-10-18-20(16(5-2)27-14)30-24(35-18)19-12(3)26-25(28-15-7-6-8-15)31-23(19)29-17-9-13(11-32)21(33)22(17)34/h10,13,15,17,21-22,32-34H,4-9,11H2,1-3H3,(H2,26,28,29,31). The third-order valence-electron chi connectivity index (χ3n) is 7.30. The molecule has 2 saturated carbocycles. The van der Waals surface area contributed by atoms with Crippen LogP contribution in [0.15, 0.2) is 6.07 Å². The van der Waals surface area contributed by atoms with Crippen LogP contribution < -0.4 is 10.6 Å². The minimum absolute atomic E-state index is 0.176. The number of nitrogens with one attached hydrogen (secondary N) is 2. The molecule has 3 heterocycles. The lowest BCUT2D eigenvalue weighted by Crippen LogP contribution is -2.36. The van der Waals surface area contributed by atoms with Crippen LogP contribution in [0.25, 0.3) is 20.8 Å². The van der Waals surface area contributed by atoms with Gasteiger partial charge in [0.05, 0.1) is 33.8 Å². The minimum Gasteiger partial charge on any atom is -0.396 e. The largest absolute Gasteiger partial charge is 0.396 e. The highest BCUT2D eigenvalue weighted by molar-refractivity contribution is 7.21. The SMILES string of the molecule is CCc1cc2sc(-c3c(C)nc(NC4CCC4)nc3NC3CC(CO)C(O)C3O)nc2c(CC)n1. The Balaban J connectivity index is 1.58. The van der Waals surface area contributed by atoms with Crippen molar-refractivity contribution in [1.82, 2.24) is 19.9 Å². The summed E-state index contributed by atoms with van der Waals surface area (Å²) in [6, 6.07) is 2.04. The lowest BCUT2D eigenvalue weighted by Gasteiger charge is -2.27. The van der Waals surface area contributed by atoms with Gasteiger partial charge in [-0.25, -0.2) is 9.97 Å². The molecular weight excluding hydrogens is 464 g/mol. The Hall–Kier alpha value is -2.40. The molecule has 2 fully saturated rings. The predicted molar refractivity (Wildman–Crippen MR) is 138 cm³/mol. The molecule has 0 spiro atoms. The summed E-state index contributed by atoms with van der Waals surface area (Å²) >= 11 is 1.59. The van der Waals surface area contributed by atoms with Gasteiger partial charge in [0.1, 0.15) is 22.4 Å². The smallest absolute Gasteiger partial charge is 0.225 e. The first-order valence-corrected chi connectivity index (χ1v) is 13.4. The van der Waals surface area contributed by atoms with Gasteiger partial charge in [0.25, 0.3) is 0 Å². The van der Waals surface area contributed by atoms with Gasteiger partial charge in [0.2, 0.25) is 5.95 Å². The van der Waals surface area contributed by atoms with Crippen molar-refractivity contribution in [2.45, 2.75) is 83.6 Å². The third-order valence-corrected chi connectivity index (χ3v) is 8.32. The highest BCUT2D eigenvalue weighted by Gasteiger charge is 2.41. The van der Waals surface area contributed by atoms with Crippen molar-refractivity contribution in [3.8, 4) is 10.6 Å². The van der Waals surface area contributed by atoms with Gasteiger partial charge in [-0.1, -0.05) is 13.8 Å². The van der Waals surface area contributed by atoms with Gasteiger partial charge < -0.3 is 26.0 Å². The Morgan fingerprint density at radius 3 is 2.46 bits per heavy atom. The fourth-order valence-electron chi connectivity index (χ4n) is 4.94. The molecular formula is C25H34N6O3S. The molecule has 9 nitrogen and oxygen atoms in total. The summed E-state index contributed by atoms with van der Waals surface area (Å²) in [5.74, 6) is 0.750. The number of fused-ring (bicyclic) bond motifs is 1. The van der Waals surface area contributed by atoms with Crippen molar-refractivity contribution in [2.24, 2.45) is 5.92 Å². The van der Waals surface area contributed by atoms with E-state index in [2.05, 4.69) is 30.5 Å². The van der Waals surface area contributed by atoms with Crippen molar-refractivity contribution < 1.29 is 15.3 Å². The van der Waals surface area contributed by atoms with E-state index in [1.54, 1.807) is 11.3 Å². The molecule has 4 atom stereocenters. The van der Waals surface area contributed by atoms with Crippen LogP contribution in [0.5, 0.6) is 0 Å². The molecule has 0 saturated heterocycles. The number of aromatic nitrogens is 4. The summed E-state index contributed by atoms with van der Waals surface area (Å²) in [7, 11) is 0. The molecule has 0 amide bonds. The van der Waals surface area contributed by atoms with Crippen LogP contribution in [0.2, 0.25) is 0 Å². The summed E-state index contributed by atoms with van der Waals surface area (Å²) in [5.41, 5.74) is 4.52. The fourth-order valence-corrected chi connectivity index (χ4v) is 6.09. The third kappa shape index (κ3) is 4.60. The number of hydrogen-bond acceptors (Lipinski definition) is 10. The number of pyridine rings is 1. The second kappa shape index (κ2) is 9.93. The second-order valence-electron chi connectivity index (χ2n) is 9.67. The molecule has 5 rings (SSSR count). The van der Waals surface area contributed by atoms with Crippen LogP contribution in [0.1, 0.15) is 56.6 Å². The molecule has 4 unspecified atom stereocenters. The average Bonchev–Trinajstić information content (AvgIpc) is 3.36. The first-order valence-electron chi connectivity index (χ1n) is 12.6. The monoisotopic (exact) mass is 498 g/mol. The van der Waals surface area contributed by atoms with Gasteiger partial charge in [0.15, 0.2) is 0 Å². The van der Waals surface area contributed by atoms with Crippen LogP contribution in [0.4, 0.5) is 11.8 Å². The molecule has 0 aliphatic heterocycles. The molecule has 3 aromatic rings. The van der Waals surface area contributed by atoms with Crippen LogP contribution >= 0.6 is 11.3 Å². The Morgan fingerprint density at radius 2 is 1.83 bits per heavy atom. The number of nitrogens with zero attached hydrogens (tertiary/aromatic N) is 4. The second-order valence-corrected chi connectivity index (χ2v) is 10.7. The highest BCUT2D eigenvalue weighted by atomic mass is 32.1. The van der Waals surface area contributed by atoms with Crippen molar-refractivity contribution in [1.29, 1.82) is 0 Å². The van der Waals surface area contributed by atoms with Crippen LogP contribution in [0.3, 0.4) is 0 Å². The Kier molecular flexibility index (Phi) is 6.89. The van der Waals surface area contributed by atoms with Gasteiger partial charge in [0, 0.05) is 24.3 Å². The number of aliphatic hydroxyl groups excluding tert-OH is 3. The van der Waals surface area contributed by atoms with Gasteiger partial charge in [-0.3, -0.25) is 4.98 Å². The zero-order valence-electron chi connectivity index (χ0n) is 20.5. The molecule has 2 aliphatic carbocycles. The average molecular weight is 499 g/mol. The maximum atomic E-state index is 10.6. The molecule has 5 N–H and O–H groups in total. The highest BCUT2D eigenvalue weighted by Crippen LogP contribution is 2.39. The lowest BCUT2D eigenvalue weighted by atomic mass is 9.93. The van der Waals surface area contributed by atoms with E-state index in [4.69, 9.17) is 19.9 Å². The van der Waals surface area contributed by atoms with E-state index in [0.717, 1.165) is 63.6 Å². The number of aryl methyl sites for hydroxylation is 3. The topological polar surface area (TPSA) is 136 Å². The van der Waals surface area contributed by atoms with Gasteiger partial charge in [-0.2, -0.15) is 4.98 Å². The first kappa shape index (κ1) is 24.3. The maximum absolute atomic E-state index is 10.6. The summed E-state index contributed by atoms with van der Waals surface area (Å²) in [6.45, 7) is 5.97. The van der Waals surface area contributed by atoms with Crippen molar-refractivity contribution in [2.75, 3.05) is 17.2 Å². The zero-order valence-corrected chi connectivity index (χ0v) is 21.3. The number of hydrogen-bond donors (Lipinski definition) is 5. The Bertz CT molecular complexity index is 1210. The molecule has 0 radical (unpaired) electrons. The first-order chi connectivity index (χ1) is 16.9. The molecule has 10 heteroatoms. The van der Waals surface area contributed by atoms with Crippen molar-refractivity contribution in [3.63, 3.8) is 0 Å². The predicted octanol–water partition coefficient (Wildman–Crippen LogP) is 3.06. The van der Waals surface area contributed by atoms with Gasteiger partial charge in [-0.05, 0) is 51.5 Å². The molecule has 35 heavy (non-hydrogen) atoms. The zero-order chi connectivity index (χ0) is 24.7. The molecule has 2 aliphatic rings. The van der Waals surface area contributed by atoms with E-state index in [1.807, 2.05) is 6.92 Å². The van der Waals surface area contributed by atoms with E-state index in [1.165, 1.54) is 6.42 Å². The normalized spacial score (nSPS) is 24.6. The maximum Gasteiger partial charge on any atom is 0.225 e. The Labute approximate surface area is 209 Å². The quantitative estimate of drug-likeness (QED) is 0.317. The summed E-state index contributed by atoms with van der Waals surface area (Å²) < 4.78 is 1.09. The minimum atomic E-state index is -1.00. The van der Waals surface area contributed by atoms with Crippen LogP contribution in [-0.4, -0.2) is 66.2 Å². The van der Waals surface area contributed by atoms with E-state index >= 15 is 0 Å². The molecule has 0 aromatic carbocycles. The molecule has 188 valence electrons. The summed E-state index contributed by atoms with van der Waals surface area (Å²) in [6.07, 6.45) is 3.52. The van der Waals surface area contributed by atoms with Crippen LogP contribution in [0, 0.1) is 12.8 Å². The molecule has 3 aromatic heterocycles. The van der Waals surface area contributed by atoms with E-state index < -0.39 is 18.2 Å². The summed E-state index contributed by atoms with van der Waals surface area (Å²) in [4.78, 5) is 19.3. The molecule has 0 bridgehead atoms. The van der Waals surface area contributed by atoms with E-state index in [9.17, 15) is 15.3 Å². The van der Waals surface area contributed by atoms with Crippen molar-refractivity contribution >= 4 is 33.3 Å². The van der Waals surface area contributed by atoms with Crippen LogP contribution in [-0.2, 0) is 12.8 Å². The van der Waals surface area contributed by atoms with Gasteiger partial charge in [-0.15, -0.1) is 11.3 Å². The van der Waals surface area contributed by atoms with Gasteiger partial charge >= 0.3 is 0 Å². The van der Waals surface area contributed by atoms with Crippen molar-refractivity contribution in [3.05, 3.63) is 23.1 Å². The fraction of sp³-hybridized carbons (Fsp3) is 0.600. The number of anilines is 2. The number of thiazole rings is 1. The number of rotatable bonds is 8. The Morgan fingerprint density at radius 1 is 1.03 bits per heavy atom. The summed E-state index contributed by atoms with van der Waals surface area (Å²) in [5, 5.41) is 38.2.